The van der Waals surface area contributed by atoms with Crippen LogP contribution in [0.4, 0.5) is 0 Å². The van der Waals surface area contributed by atoms with E-state index >= 15 is 0 Å². The number of amides is 1. The van der Waals surface area contributed by atoms with E-state index in [1.54, 1.807) is 15.9 Å². The van der Waals surface area contributed by atoms with Crippen molar-refractivity contribution >= 4 is 29.0 Å². The number of thiophene rings is 1. The number of hydrogen-bond acceptors (Lipinski definition) is 5. The lowest BCUT2D eigenvalue weighted by molar-refractivity contribution is -0.118. The van der Waals surface area contributed by atoms with Crippen LogP contribution in [0.2, 0.25) is 0 Å². The number of carbonyl (C=O) groups excluding carboxylic acids is 1. The van der Waals surface area contributed by atoms with Gasteiger partial charge in [0.25, 0.3) is 0 Å². The summed E-state index contributed by atoms with van der Waals surface area (Å²) in [6.07, 6.45) is 0.845. The Morgan fingerprint density at radius 2 is 2.45 bits per heavy atom. The molecule has 2 aromatic heterocycles. The predicted octanol–water partition coefficient (Wildman–Crippen LogP) is 1.45. The van der Waals surface area contributed by atoms with Crippen molar-refractivity contribution < 1.29 is 4.79 Å². The fraction of sp³-hybridized carbons (Fsp3) is 0.417. The SMILES string of the molecule is CCCn1c(SCC(=O)NCc2cccs2)n[nH]c1=O. The van der Waals surface area contributed by atoms with Crippen LogP contribution >= 0.6 is 23.1 Å². The minimum Gasteiger partial charge on any atom is -0.350 e. The Bertz CT molecular complexity index is 603. The van der Waals surface area contributed by atoms with Crippen LogP contribution in [0.1, 0.15) is 18.2 Å². The maximum Gasteiger partial charge on any atom is 0.343 e. The van der Waals surface area contributed by atoms with E-state index in [0.29, 0.717) is 18.2 Å². The molecule has 2 rings (SSSR count). The largest absolute Gasteiger partial charge is 0.350 e. The lowest BCUT2D eigenvalue weighted by atomic mass is 10.4. The molecule has 0 unspecified atom stereocenters. The third-order valence-corrected chi connectivity index (χ3v) is 4.40. The fourth-order valence-electron chi connectivity index (χ4n) is 1.61. The minimum absolute atomic E-state index is 0.0677. The molecule has 0 aromatic carbocycles. The number of aromatic nitrogens is 3. The number of carbonyl (C=O) groups is 1. The van der Waals surface area contributed by atoms with Crippen molar-refractivity contribution in [1.29, 1.82) is 0 Å². The van der Waals surface area contributed by atoms with E-state index in [0.717, 1.165) is 11.3 Å². The zero-order valence-electron chi connectivity index (χ0n) is 11.1. The summed E-state index contributed by atoms with van der Waals surface area (Å²) in [5.41, 5.74) is -0.228. The molecule has 0 aliphatic carbocycles. The minimum atomic E-state index is -0.228. The molecule has 0 atom stereocenters. The number of nitrogens with zero attached hydrogens (tertiary/aromatic N) is 2. The van der Waals surface area contributed by atoms with Gasteiger partial charge in [-0.15, -0.1) is 16.4 Å². The van der Waals surface area contributed by atoms with Crippen LogP contribution in [-0.4, -0.2) is 26.4 Å². The topological polar surface area (TPSA) is 79.8 Å². The number of rotatable bonds is 7. The Labute approximate surface area is 124 Å². The summed E-state index contributed by atoms with van der Waals surface area (Å²) in [6, 6.07) is 3.93. The molecule has 0 radical (unpaired) electrons. The molecule has 6 nitrogen and oxygen atoms in total. The molecular formula is C12H16N4O2S2. The van der Waals surface area contributed by atoms with Crippen LogP contribution in [0.5, 0.6) is 0 Å². The Kier molecular flexibility index (Phi) is 5.42. The second-order valence-corrected chi connectivity index (χ2v) is 6.08. The first-order chi connectivity index (χ1) is 9.70. The summed E-state index contributed by atoms with van der Waals surface area (Å²) in [5.74, 6) is 0.182. The Morgan fingerprint density at radius 3 is 3.15 bits per heavy atom. The molecule has 0 spiro atoms. The first-order valence-corrected chi connectivity index (χ1v) is 8.14. The second kappa shape index (κ2) is 7.30. The Hall–Kier alpha value is -1.54. The van der Waals surface area contributed by atoms with E-state index in [9.17, 15) is 9.59 Å². The highest BCUT2D eigenvalue weighted by atomic mass is 32.2. The molecule has 2 N–H and O–H groups in total. The quantitative estimate of drug-likeness (QED) is 0.758. The molecule has 0 fully saturated rings. The van der Waals surface area contributed by atoms with Gasteiger partial charge in [-0.2, -0.15) is 0 Å². The first-order valence-electron chi connectivity index (χ1n) is 6.27. The molecule has 0 saturated heterocycles. The van der Waals surface area contributed by atoms with Gasteiger partial charge in [-0.3, -0.25) is 9.36 Å². The summed E-state index contributed by atoms with van der Waals surface area (Å²) < 4.78 is 1.55. The van der Waals surface area contributed by atoms with E-state index < -0.39 is 0 Å². The molecule has 8 heteroatoms. The molecule has 20 heavy (non-hydrogen) atoms. The third-order valence-electron chi connectivity index (χ3n) is 2.54. The van der Waals surface area contributed by atoms with Gasteiger partial charge in [0.2, 0.25) is 5.91 Å². The summed E-state index contributed by atoms with van der Waals surface area (Å²) in [7, 11) is 0. The molecule has 1 amide bonds. The van der Waals surface area contributed by atoms with Crippen molar-refractivity contribution in [1.82, 2.24) is 20.1 Å². The number of aromatic amines is 1. The molecule has 0 bridgehead atoms. The van der Waals surface area contributed by atoms with E-state index in [2.05, 4.69) is 15.5 Å². The van der Waals surface area contributed by atoms with Crippen molar-refractivity contribution in [2.45, 2.75) is 31.6 Å². The van der Waals surface area contributed by atoms with Crippen LogP contribution in [0.25, 0.3) is 0 Å². The van der Waals surface area contributed by atoms with Crippen LogP contribution in [-0.2, 0) is 17.9 Å². The average Bonchev–Trinajstić information content (AvgIpc) is 3.06. The van der Waals surface area contributed by atoms with Crippen molar-refractivity contribution in [2.24, 2.45) is 0 Å². The summed E-state index contributed by atoms with van der Waals surface area (Å²) in [5, 5.41) is 11.7. The molecule has 2 heterocycles. The van der Waals surface area contributed by atoms with Crippen molar-refractivity contribution in [3.8, 4) is 0 Å². The van der Waals surface area contributed by atoms with Crippen molar-refractivity contribution in [2.75, 3.05) is 5.75 Å². The lowest BCUT2D eigenvalue weighted by Gasteiger charge is -2.04. The number of nitrogens with one attached hydrogen (secondary N) is 2. The van der Waals surface area contributed by atoms with E-state index in [4.69, 9.17) is 0 Å². The molecule has 0 aliphatic heterocycles. The van der Waals surface area contributed by atoms with Gasteiger partial charge in [-0.25, -0.2) is 9.89 Å². The van der Waals surface area contributed by atoms with Crippen LogP contribution < -0.4 is 11.0 Å². The maximum absolute atomic E-state index is 11.7. The smallest absolute Gasteiger partial charge is 0.343 e. The zero-order chi connectivity index (χ0) is 14.4. The molecule has 2 aromatic rings. The van der Waals surface area contributed by atoms with Crippen molar-refractivity contribution in [3.63, 3.8) is 0 Å². The van der Waals surface area contributed by atoms with Gasteiger partial charge in [-0.1, -0.05) is 24.8 Å². The summed E-state index contributed by atoms with van der Waals surface area (Å²) in [4.78, 5) is 24.3. The van der Waals surface area contributed by atoms with E-state index in [-0.39, 0.29) is 17.3 Å². The Balaban J connectivity index is 1.82. The van der Waals surface area contributed by atoms with Crippen molar-refractivity contribution in [3.05, 3.63) is 32.9 Å². The average molecular weight is 312 g/mol. The summed E-state index contributed by atoms with van der Waals surface area (Å²) >= 11 is 2.87. The molecule has 0 aliphatic rings. The lowest BCUT2D eigenvalue weighted by Crippen LogP contribution is -2.24. The highest BCUT2D eigenvalue weighted by molar-refractivity contribution is 7.99. The third kappa shape index (κ3) is 3.97. The normalized spacial score (nSPS) is 10.7. The number of hydrogen-bond donors (Lipinski definition) is 2. The van der Waals surface area contributed by atoms with Gasteiger partial charge in [0.15, 0.2) is 5.16 Å². The predicted molar refractivity (Wildman–Crippen MR) is 80.0 cm³/mol. The fourth-order valence-corrected chi connectivity index (χ4v) is 3.06. The maximum atomic E-state index is 11.7. The van der Waals surface area contributed by atoms with Gasteiger partial charge in [-0.05, 0) is 17.9 Å². The first kappa shape index (κ1) is 14.9. The Morgan fingerprint density at radius 1 is 1.60 bits per heavy atom. The van der Waals surface area contributed by atoms with Gasteiger partial charge >= 0.3 is 5.69 Å². The van der Waals surface area contributed by atoms with Gasteiger partial charge < -0.3 is 5.32 Å². The summed E-state index contributed by atoms with van der Waals surface area (Å²) in [6.45, 7) is 3.13. The highest BCUT2D eigenvalue weighted by Crippen LogP contribution is 2.13. The van der Waals surface area contributed by atoms with E-state index in [1.165, 1.54) is 11.8 Å². The number of thioether (sulfide) groups is 1. The van der Waals surface area contributed by atoms with Crippen LogP contribution in [0, 0.1) is 0 Å². The monoisotopic (exact) mass is 312 g/mol. The zero-order valence-corrected chi connectivity index (χ0v) is 12.7. The number of H-pyrrole nitrogens is 1. The van der Waals surface area contributed by atoms with Crippen LogP contribution in [0.15, 0.2) is 27.5 Å². The standard InChI is InChI=1S/C12H16N4O2S2/c1-2-5-16-11(18)14-15-12(16)20-8-10(17)13-7-9-4-3-6-19-9/h3-4,6H,2,5,7-8H2,1H3,(H,13,17)(H,14,18). The van der Waals surface area contributed by atoms with Crippen LogP contribution in [0.3, 0.4) is 0 Å². The van der Waals surface area contributed by atoms with Gasteiger partial charge in [0, 0.05) is 11.4 Å². The second-order valence-electron chi connectivity index (χ2n) is 4.11. The van der Waals surface area contributed by atoms with E-state index in [1.807, 2.05) is 24.4 Å². The molecule has 108 valence electrons. The highest BCUT2D eigenvalue weighted by Gasteiger charge is 2.10. The molecule has 0 saturated carbocycles. The van der Waals surface area contributed by atoms with Gasteiger partial charge in [0.05, 0.1) is 12.3 Å². The molecular weight excluding hydrogens is 296 g/mol. The van der Waals surface area contributed by atoms with Gasteiger partial charge in [0.1, 0.15) is 0 Å².